The number of hydrogen-bond acceptors (Lipinski definition) is 3. The normalized spacial score (nSPS) is 33.2. The molecule has 1 heterocycles. The molecule has 1 aliphatic heterocycles. The Morgan fingerprint density at radius 2 is 2.00 bits per heavy atom. The van der Waals surface area contributed by atoms with E-state index in [0.717, 1.165) is 13.1 Å². The minimum absolute atomic E-state index is 0.520. The van der Waals surface area contributed by atoms with Crippen LogP contribution in [0.15, 0.2) is 0 Å². The number of rotatable bonds is 1. The molecule has 11 heavy (non-hydrogen) atoms. The molecule has 0 aromatic carbocycles. The van der Waals surface area contributed by atoms with Crippen molar-refractivity contribution < 1.29 is 0 Å². The average Bonchev–Trinajstić information content (AvgIpc) is 1.85. The number of nitrogens with one attached hydrogen (secondary N) is 1. The molecule has 62 valence electrons. The van der Waals surface area contributed by atoms with E-state index in [4.69, 9.17) is 5.26 Å². The van der Waals surface area contributed by atoms with Crippen LogP contribution >= 0.6 is 0 Å². The fourth-order valence-corrected chi connectivity index (χ4v) is 1.67. The summed E-state index contributed by atoms with van der Waals surface area (Å²) in [5, 5.41) is 11.9. The van der Waals surface area contributed by atoms with E-state index >= 15 is 0 Å². The number of hydrogen-bond donors (Lipinski definition) is 1. The molecule has 1 N–H and O–H groups in total. The number of nitrogens with zero attached hydrogens (tertiary/aromatic N) is 2. The molecule has 0 aromatic rings. The van der Waals surface area contributed by atoms with Gasteiger partial charge in [-0.2, -0.15) is 5.26 Å². The first-order valence-corrected chi connectivity index (χ1v) is 4.07. The summed E-state index contributed by atoms with van der Waals surface area (Å²) in [6.07, 6.45) is 0. The molecule has 3 nitrogen and oxygen atoms in total. The molecule has 0 aliphatic carbocycles. The zero-order valence-corrected chi connectivity index (χ0v) is 7.17. The Labute approximate surface area is 68.0 Å². The van der Waals surface area contributed by atoms with Crippen molar-refractivity contribution in [3.63, 3.8) is 0 Å². The fourth-order valence-electron chi connectivity index (χ4n) is 1.67. The third-order valence-electron chi connectivity index (χ3n) is 1.93. The van der Waals surface area contributed by atoms with Crippen LogP contribution in [0.3, 0.4) is 0 Å². The second kappa shape index (κ2) is 3.70. The van der Waals surface area contributed by atoms with Gasteiger partial charge in [-0.1, -0.05) is 0 Å². The molecular weight excluding hydrogens is 138 g/mol. The summed E-state index contributed by atoms with van der Waals surface area (Å²) >= 11 is 0. The Hall–Kier alpha value is -0.590. The Kier molecular flexibility index (Phi) is 2.86. The minimum Gasteiger partial charge on any atom is -0.309 e. The van der Waals surface area contributed by atoms with Gasteiger partial charge in [0.1, 0.15) is 0 Å². The van der Waals surface area contributed by atoms with Gasteiger partial charge in [-0.3, -0.25) is 4.90 Å². The summed E-state index contributed by atoms with van der Waals surface area (Å²) in [6, 6.07) is 3.22. The largest absolute Gasteiger partial charge is 0.309 e. The lowest BCUT2D eigenvalue weighted by molar-refractivity contribution is 0.191. The van der Waals surface area contributed by atoms with Crippen LogP contribution in [-0.4, -0.2) is 36.6 Å². The van der Waals surface area contributed by atoms with Gasteiger partial charge in [0, 0.05) is 25.2 Å². The molecule has 1 fully saturated rings. The van der Waals surface area contributed by atoms with Crippen molar-refractivity contribution in [2.24, 2.45) is 0 Å². The highest BCUT2D eigenvalue weighted by Gasteiger charge is 2.19. The van der Waals surface area contributed by atoms with Crippen molar-refractivity contribution in [1.29, 1.82) is 5.26 Å². The van der Waals surface area contributed by atoms with Crippen LogP contribution < -0.4 is 5.32 Å². The van der Waals surface area contributed by atoms with Gasteiger partial charge in [0.15, 0.2) is 0 Å². The van der Waals surface area contributed by atoms with Crippen molar-refractivity contribution in [3.8, 4) is 6.07 Å². The van der Waals surface area contributed by atoms with E-state index in [1.54, 1.807) is 0 Å². The van der Waals surface area contributed by atoms with Crippen molar-refractivity contribution in [2.75, 3.05) is 19.6 Å². The fraction of sp³-hybridized carbons (Fsp3) is 0.875. The summed E-state index contributed by atoms with van der Waals surface area (Å²) < 4.78 is 0. The van der Waals surface area contributed by atoms with Crippen LogP contribution in [0.25, 0.3) is 0 Å². The zero-order valence-electron chi connectivity index (χ0n) is 7.17. The van der Waals surface area contributed by atoms with Crippen LogP contribution in [0.4, 0.5) is 0 Å². The SMILES string of the molecule is C[C@@H]1CN(CC#N)C[C@H](C)N1. The second-order valence-electron chi connectivity index (χ2n) is 3.32. The maximum Gasteiger partial charge on any atom is 0.0867 e. The highest BCUT2D eigenvalue weighted by molar-refractivity contribution is 4.86. The molecule has 3 heteroatoms. The lowest BCUT2D eigenvalue weighted by atomic mass is 10.1. The van der Waals surface area contributed by atoms with E-state index in [0.29, 0.717) is 18.6 Å². The van der Waals surface area contributed by atoms with Gasteiger partial charge in [-0.05, 0) is 13.8 Å². The molecule has 0 unspecified atom stereocenters. The summed E-state index contributed by atoms with van der Waals surface area (Å²) in [5.41, 5.74) is 0. The molecule has 0 saturated carbocycles. The number of piperazine rings is 1. The van der Waals surface area contributed by atoms with Gasteiger partial charge in [-0.15, -0.1) is 0 Å². The first kappa shape index (κ1) is 8.51. The Morgan fingerprint density at radius 1 is 1.45 bits per heavy atom. The minimum atomic E-state index is 0.520. The first-order valence-electron chi connectivity index (χ1n) is 4.07. The third-order valence-corrected chi connectivity index (χ3v) is 1.93. The molecular formula is C8H15N3. The van der Waals surface area contributed by atoms with Gasteiger partial charge in [0.05, 0.1) is 12.6 Å². The number of nitriles is 1. The van der Waals surface area contributed by atoms with Crippen molar-refractivity contribution >= 4 is 0 Å². The highest BCUT2D eigenvalue weighted by atomic mass is 15.2. The summed E-state index contributed by atoms with van der Waals surface area (Å²) in [6.45, 7) is 6.87. The maximum absolute atomic E-state index is 8.48. The van der Waals surface area contributed by atoms with E-state index < -0.39 is 0 Å². The quantitative estimate of drug-likeness (QED) is 0.547. The predicted octanol–water partition coefficient (Wildman–Crippen LogP) is 0.192. The van der Waals surface area contributed by atoms with Crippen LogP contribution in [0.1, 0.15) is 13.8 Å². The van der Waals surface area contributed by atoms with E-state index in [-0.39, 0.29) is 0 Å². The molecule has 0 radical (unpaired) electrons. The van der Waals surface area contributed by atoms with Gasteiger partial charge >= 0.3 is 0 Å². The van der Waals surface area contributed by atoms with Crippen molar-refractivity contribution in [3.05, 3.63) is 0 Å². The molecule has 1 rings (SSSR count). The van der Waals surface area contributed by atoms with Crippen molar-refractivity contribution in [2.45, 2.75) is 25.9 Å². The highest BCUT2D eigenvalue weighted by Crippen LogP contribution is 2.02. The van der Waals surface area contributed by atoms with Gasteiger partial charge in [0.2, 0.25) is 0 Å². The molecule has 0 bridgehead atoms. The van der Waals surface area contributed by atoms with E-state index in [9.17, 15) is 0 Å². The first-order chi connectivity index (χ1) is 5.22. The van der Waals surface area contributed by atoms with E-state index in [2.05, 4.69) is 30.1 Å². The molecule has 0 spiro atoms. The topological polar surface area (TPSA) is 39.1 Å². The molecule has 1 saturated heterocycles. The average molecular weight is 153 g/mol. The summed E-state index contributed by atoms with van der Waals surface area (Å²) in [7, 11) is 0. The lowest BCUT2D eigenvalue weighted by Gasteiger charge is -2.34. The molecule has 0 aromatic heterocycles. The lowest BCUT2D eigenvalue weighted by Crippen LogP contribution is -2.54. The van der Waals surface area contributed by atoms with Crippen LogP contribution in [0.5, 0.6) is 0 Å². The van der Waals surface area contributed by atoms with Gasteiger partial charge in [-0.25, -0.2) is 0 Å². The van der Waals surface area contributed by atoms with E-state index in [1.807, 2.05) is 0 Å². The molecule has 1 aliphatic rings. The standard InChI is InChI=1S/C8H15N3/c1-7-5-11(4-3-9)6-8(2)10-7/h7-8,10H,4-6H2,1-2H3/t7-,8+. The second-order valence-corrected chi connectivity index (χ2v) is 3.32. The molecule has 2 atom stereocenters. The smallest absolute Gasteiger partial charge is 0.0867 e. The monoisotopic (exact) mass is 153 g/mol. The third kappa shape index (κ3) is 2.49. The Morgan fingerprint density at radius 3 is 2.45 bits per heavy atom. The van der Waals surface area contributed by atoms with Crippen LogP contribution in [0.2, 0.25) is 0 Å². The van der Waals surface area contributed by atoms with Gasteiger partial charge < -0.3 is 5.32 Å². The molecule has 0 amide bonds. The predicted molar refractivity (Wildman–Crippen MR) is 44.1 cm³/mol. The van der Waals surface area contributed by atoms with E-state index in [1.165, 1.54) is 0 Å². The Balaban J connectivity index is 2.38. The Bertz CT molecular complexity index is 151. The van der Waals surface area contributed by atoms with Crippen LogP contribution in [0, 0.1) is 11.3 Å². The zero-order chi connectivity index (χ0) is 8.27. The maximum atomic E-state index is 8.48. The van der Waals surface area contributed by atoms with Crippen LogP contribution in [-0.2, 0) is 0 Å². The summed E-state index contributed by atoms with van der Waals surface area (Å²) in [5.74, 6) is 0. The summed E-state index contributed by atoms with van der Waals surface area (Å²) in [4.78, 5) is 2.19. The van der Waals surface area contributed by atoms with Gasteiger partial charge in [0.25, 0.3) is 0 Å². The van der Waals surface area contributed by atoms with Crippen molar-refractivity contribution in [1.82, 2.24) is 10.2 Å².